The normalized spacial score (nSPS) is 24.2. The van der Waals surface area contributed by atoms with Crippen LogP contribution in [0, 0.1) is 28.6 Å². The standard InChI is InChI=1S/C26H31F3N4O2/c27-26(28,29)21-14-20(6-5-19(21)15-30)33-16-22(24(35)32-9-1-2-10-32)25(17-33)7-11-31(12-8-25)23(34)13-18-3-4-18/h5-6,14,18,22H,1-4,7-13,16-17H2. The van der Waals surface area contributed by atoms with E-state index in [0.717, 1.165) is 44.8 Å². The Kier molecular flexibility index (Phi) is 6.18. The summed E-state index contributed by atoms with van der Waals surface area (Å²) in [5, 5.41) is 9.15. The van der Waals surface area contributed by atoms with Crippen LogP contribution in [-0.2, 0) is 15.8 Å². The highest BCUT2D eigenvalue weighted by Crippen LogP contribution is 2.48. The third-order valence-electron chi connectivity index (χ3n) is 8.43. The molecule has 1 saturated carbocycles. The SMILES string of the molecule is N#Cc1ccc(N2CC(C(=O)N3CCCC3)C3(CCN(C(=O)CC4CC4)CC3)C2)cc1C(F)(F)F. The van der Waals surface area contributed by atoms with E-state index in [9.17, 15) is 22.8 Å². The molecule has 1 atom stereocenters. The highest BCUT2D eigenvalue weighted by Gasteiger charge is 2.53. The highest BCUT2D eigenvalue weighted by molar-refractivity contribution is 5.82. The first-order valence-corrected chi connectivity index (χ1v) is 12.6. The van der Waals surface area contributed by atoms with Crippen molar-refractivity contribution in [3.8, 4) is 6.07 Å². The number of hydrogen-bond donors (Lipinski definition) is 0. The molecule has 3 saturated heterocycles. The molecule has 3 heterocycles. The van der Waals surface area contributed by atoms with Gasteiger partial charge in [0, 0.05) is 56.8 Å². The molecule has 4 fully saturated rings. The number of carbonyl (C=O) groups excluding carboxylic acids is 2. The number of amides is 2. The highest BCUT2D eigenvalue weighted by atomic mass is 19.4. The summed E-state index contributed by atoms with van der Waals surface area (Å²) in [7, 11) is 0. The Bertz CT molecular complexity index is 1030. The molecular weight excluding hydrogens is 457 g/mol. The Morgan fingerprint density at radius 2 is 1.74 bits per heavy atom. The molecule has 1 aromatic rings. The minimum Gasteiger partial charge on any atom is -0.370 e. The van der Waals surface area contributed by atoms with Crippen LogP contribution in [-0.4, -0.2) is 60.9 Å². The molecule has 9 heteroatoms. The lowest BCUT2D eigenvalue weighted by Gasteiger charge is -2.42. The van der Waals surface area contributed by atoms with Crippen molar-refractivity contribution < 1.29 is 22.8 Å². The van der Waals surface area contributed by atoms with E-state index in [1.165, 1.54) is 6.07 Å². The van der Waals surface area contributed by atoms with E-state index in [4.69, 9.17) is 5.26 Å². The maximum atomic E-state index is 13.6. The topological polar surface area (TPSA) is 67.7 Å². The summed E-state index contributed by atoms with van der Waals surface area (Å²) in [6, 6.07) is 5.46. The number of piperidine rings is 1. The number of anilines is 1. The summed E-state index contributed by atoms with van der Waals surface area (Å²) < 4.78 is 40.8. The van der Waals surface area contributed by atoms with Crippen molar-refractivity contribution in [1.82, 2.24) is 9.80 Å². The summed E-state index contributed by atoms with van der Waals surface area (Å²) >= 11 is 0. The lowest BCUT2D eigenvalue weighted by atomic mass is 9.70. The molecule has 188 valence electrons. The van der Waals surface area contributed by atoms with Gasteiger partial charge in [0.05, 0.1) is 23.1 Å². The van der Waals surface area contributed by atoms with Gasteiger partial charge >= 0.3 is 6.18 Å². The van der Waals surface area contributed by atoms with E-state index in [-0.39, 0.29) is 23.1 Å². The van der Waals surface area contributed by atoms with Crippen molar-refractivity contribution in [3.63, 3.8) is 0 Å². The van der Waals surface area contributed by atoms with E-state index < -0.39 is 17.3 Å². The molecule has 1 aromatic carbocycles. The van der Waals surface area contributed by atoms with Gasteiger partial charge in [-0.2, -0.15) is 18.4 Å². The summed E-state index contributed by atoms with van der Waals surface area (Å²) in [6.07, 6.45) is 1.51. The molecule has 6 nitrogen and oxygen atoms in total. The second-order valence-corrected chi connectivity index (χ2v) is 10.7. The number of benzene rings is 1. The number of alkyl halides is 3. The second kappa shape index (κ2) is 9.03. The van der Waals surface area contributed by atoms with E-state index in [1.807, 2.05) is 14.7 Å². The number of likely N-dealkylation sites (tertiary alicyclic amines) is 2. The summed E-state index contributed by atoms with van der Waals surface area (Å²) in [5.74, 6) is 0.476. The van der Waals surface area contributed by atoms with Crippen LogP contribution in [0.2, 0.25) is 0 Å². The summed E-state index contributed by atoms with van der Waals surface area (Å²) in [4.78, 5) is 31.9. The van der Waals surface area contributed by atoms with Gasteiger partial charge in [0.2, 0.25) is 11.8 Å². The minimum absolute atomic E-state index is 0.0902. The van der Waals surface area contributed by atoms with Crippen LogP contribution in [0.1, 0.15) is 56.1 Å². The second-order valence-electron chi connectivity index (χ2n) is 10.7. The van der Waals surface area contributed by atoms with Crippen LogP contribution in [0.15, 0.2) is 18.2 Å². The van der Waals surface area contributed by atoms with Gasteiger partial charge in [-0.25, -0.2) is 0 Å². The average Bonchev–Trinajstić information content (AvgIpc) is 3.33. The number of hydrogen-bond acceptors (Lipinski definition) is 4. The van der Waals surface area contributed by atoms with E-state index >= 15 is 0 Å². The van der Waals surface area contributed by atoms with E-state index in [2.05, 4.69) is 0 Å². The first kappa shape index (κ1) is 24.0. The Labute approximate surface area is 203 Å². The zero-order valence-corrected chi connectivity index (χ0v) is 19.8. The first-order valence-electron chi connectivity index (χ1n) is 12.6. The molecule has 5 rings (SSSR count). The van der Waals surface area contributed by atoms with Crippen LogP contribution < -0.4 is 4.90 Å². The summed E-state index contributed by atoms with van der Waals surface area (Å²) in [6.45, 7) is 3.47. The Hall–Kier alpha value is -2.76. The van der Waals surface area contributed by atoms with Gasteiger partial charge in [0.1, 0.15) is 0 Å². The molecule has 0 radical (unpaired) electrons. The lowest BCUT2D eigenvalue weighted by Crippen LogP contribution is -2.50. The van der Waals surface area contributed by atoms with Crippen molar-refractivity contribution in [2.45, 2.75) is 51.1 Å². The van der Waals surface area contributed by atoms with Crippen LogP contribution in [0.3, 0.4) is 0 Å². The maximum Gasteiger partial charge on any atom is 0.417 e. The molecule has 0 aromatic heterocycles. The quantitative estimate of drug-likeness (QED) is 0.642. The fourth-order valence-corrected chi connectivity index (χ4v) is 6.13. The Morgan fingerprint density at radius 3 is 2.34 bits per heavy atom. The van der Waals surface area contributed by atoms with Crippen molar-refractivity contribution in [1.29, 1.82) is 5.26 Å². The van der Waals surface area contributed by atoms with E-state index in [0.29, 0.717) is 57.0 Å². The molecule has 1 unspecified atom stereocenters. The Morgan fingerprint density at radius 1 is 1.06 bits per heavy atom. The summed E-state index contributed by atoms with van der Waals surface area (Å²) in [5.41, 5.74) is -1.33. The van der Waals surface area contributed by atoms with Crippen LogP contribution in [0.5, 0.6) is 0 Å². The average molecular weight is 489 g/mol. The van der Waals surface area contributed by atoms with Gasteiger partial charge in [-0.1, -0.05) is 0 Å². The fraction of sp³-hybridized carbons (Fsp3) is 0.654. The number of carbonyl (C=O) groups is 2. The first-order chi connectivity index (χ1) is 16.7. The van der Waals surface area contributed by atoms with Crippen molar-refractivity contribution in [3.05, 3.63) is 29.3 Å². The molecule has 35 heavy (non-hydrogen) atoms. The zero-order valence-electron chi connectivity index (χ0n) is 19.8. The monoisotopic (exact) mass is 488 g/mol. The number of nitriles is 1. The fourth-order valence-electron chi connectivity index (χ4n) is 6.13. The van der Waals surface area contributed by atoms with Gasteiger partial charge in [-0.15, -0.1) is 0 Å². The van der Waals surface area contributed by atoms with E-state index in [1.54, 1.807) is 12.1 Å². The molecule has 3 aliphatic heterocycles. The van der Waals surface area contributed by atoms with Crippen molar-refractivity contribution in [2.75, 3.05) is 44.2 Å². The van der Waals surface area contributed by atoms with Crippen LogP contribution in [0.4, 0.5) is 18.9 Å². The largest absolute Gasteiger partial charge is 0.417 e. The van der Waals surface area contributed by atoms with Crippen LogP contribution >= 0.6 is 0 Å². The molecule has 4 aliphatic rings. The number of rotatable bonds is 4. The number of nitrogens with zero attached hydrogens (tertiary/aromatic N) is 4. The molecule has 2 amide bonds. The lowest BCUT2D eigenvalue weighted by molar-refractivity contribution is -0.140. The molecule has 0 N–H and O–H groups in total. The van der Waals surface area contributed by atoms with Gasteiger partial charge in [-0.05, 0) is 62.6 Å². The van der Waals surface area contributed by atoms with Crippen molar-refractivity contribution >= 4 is 17.5 Å². The van der Waals surface area contributed by atoms with Crippen molar-refractivity contribution in [2.24, 2.45) is 17.3 Å². The predicted octanol–water partition coefficient (Wildman–Crippen LogP) is 4.04. The van der Waals surface area contributed by atoms with Gasteiger partial charge in [0.25, 0.3) is 0 Å². The molecule has 1 aliphatic carbocycles. The minimum atomic E-state index is -4.63. The predicted molar refractivity (Wildman–Crippen MR) is 123 cm³/mol. The van der Waals surface area contributed by atoms with Crippen LogP contribution in [0.25, 0.3) is 0 Å². The smallest absolute Gasteiger partial charge is 0.370 e. The maximum absolute atomic E-state index is 13.6. The third kappa shape index (κ3) is 4.72. The Balaban J connectivity index is 1.39. The zero-order chi connectivity index (χ0) is 24.8. The third-order valence-corrected chi connectivity index (χ3v) is 8.43. The molecular formula is C26H31F3N4O2. The van der Waals surface area contributed by atoms with Gasteiger partial charge in [-0.3, -0.25) is 9.59 Å². The molecule has 1 spiro atoms. The van der Waals surface area contributed by atoms with Gasteiger partial charge < -0.3 is 14.7 Å². The van der Waals surface area contributed by atoms with Gasteiger partial charge in [0.15, 0.2) is 0 Å². The number of halogens is 3. The molecule has 0 bridgehead atoms.